The molecule has 0 saturated heterocycles. The number of ether oxygens (including phenoxy) is 1. The van der Waals surface area contributed by atoms with Gasteiger partial charge in [0.2, 0.25) is 0 Å². The fraction of sp³-hybridized carbons (Fsp3) is 0.667. The molecule has 0 spiro atoms. The van der Waals surface area contributed by atoms with Crippen LogP contribution in [0.1, 0.15) is 65.9 Å². The molecule has 0 aromatic heterocycles. The van der Waals surface area contributed by atoms with E-state index in [2.05, 4.69) is 78.6 Å². The highest BCUT2D eigenvalue weighted by Gasteiger charge is 2.39. The molecule has 1 aromatic rings. The Kier molecular flexibility index (Phi) is 10.00. The summed E-state index contributed by atoms with van der Waals surface area (Å²) in [7, 11) is -1.74. The van der Waals surface area contributed by atoms with Crippen molar-refractivity contribution in [2.24, 2.45) is 5.92 Å². The summed E-state index contributed by atoms with van der Waals surface area (Å²) in [6.07, 6.45) is 4.56. The maximum absolute atomic E-state index is 6.68. The van der Waals surface area contributed by atoms with Gasteiger partial charge in [-0.15, -0.1) is 0 Å². The molecule has 0 aliphatic heterocycles. The molecule has 0 amide bonds. The van der Waals surface area contributed by atoms with E-state index in [0.717, 1.165) is 32.3 Å². The van der Waals surface area contributed by atoms with Crippen LogP contribution in [0.5, 0.6) is 0 Å². The number of hydrogen-bond acceptors (Lipinski definition) is 2. The van der Waals surface area contributed by atoms with Crippen LogP contribution in [0, 0.1) is 5.92 Å². The lowest BCUT2D eigenvalue weighted by atomic mass is 9.97. The summed E-state index contributed by atoms with van der Waals surface area (Å²) in [5.41, 5.74) is 2.53. The van der Waals surface area contributed by atoms with Crippen molar-refractivity contribution in [1.29, 1.82) is 0 Å². The molecular formula is C24H42O2Si. The largest absolute Gasteiger partial charge is 0.414 e. The summed E-state index contributed by atoms with van der Waals surface area (Å²) < 4.78 is 12.6. The molecule has 0 aliphatic rings. The van der Waals surface area contributed by atoms with Gasteiger partial charge in [-0.05, 0) is 48.9 Å². The van der Waals surface area contributed by atoms with E-state index in [1.807, 2.05) is 6.07 Å². The molecule has 0 heterocycles. The second-order valence-electron chi connectivity index (χ2n) is 9.55. The predicted octanol–water partition coefficient (Wildman–Crippen LogP) is 7.37. The smallest absolute Gasteiger partial charge is 0.192 e. The molecular weight excluding hydrogens is 348 g/mol. The van der Waals surface area contributed by atoms with Gasteiger partial charge in [-0.25, -0.2) is 0 Å². The molecule has 3 heteroatoms. The standard InChI is InChI=1S/C24H42O2Si/c1-9-13-23(26-27(7,8)24(4,5)6)17-20(2)16-21(3)18-25-19-22-14-11-10-12-15-22/h10-12,14-15,21,23H,2,9,13,16-19H2,1,3-8H3/t21-,23-/m1/s1. The Labute approximate surface area is 169 Å². The minimum absolute atomic E-state index is 0.249. The van der Waals surface area contributed by atoms with E-state index in [-0.39, 0.29) is 5.04 Å². The lowest BCUT2D eigenvalue weighted by molar-refractivity contribution is 0.0910. The zero-order chi connectivity index (χ0) is 20.5. The number of hydrogen-bond donors (Lipinski definition) is 0. The lowest BCUT2D eigenvalue weighted by Gasteiger charge is -2.39. The van der Waals surface area contributed by atoms with E-state index in [9.17, 15) is 0 Å². The zero-order valence-electron chi connectivity index (χ0n) is 18.8. The van der Waals surface area contributed by atoms with Crippen LogP contribution in [0.4, 0.5) is 0 Å². The van der Waals surface area contributed by atoms with Crippen LogP contribution in [0.3, 0.4) is 0 Å². The van der Waals surface area contributed by atoms with Crippen molar-refractivity contribution in [3.05, 3.63) is 48.0 Å². The average Bonchev–Trinajstić information content (AvgIpc) is 2.54. The van der Waals surface area contributed by atoms with E-state index in [1.165, 1.54) is 11.1 Å². The molecule has 1 rings (SSSR count). The van der Waals surface area contributed by atoms with Crippen molar-refractivity contribution in [1.82, 2.24) is 0 Å². The fourth-order valence-electron chi connectivity index (χ4n) is 3.03. The predicted molar refractivity (Wildman–Crippen MR) is 121 cm³/mol. The van der Waals surface area contributed by atoms with Gasteiger partial charge < -0.3 is 9.16 Å². The first kappa shape index (κ1) is 24.1. The molecule has 0 radical (unpaired) electrons. The maximum Gasteiger partial charge on any atom is 0.192 e. The average molecular weight is 391 g/mol. The summed E-state index contributed by atoms with van der Waals surface area (Å²) in [6, 6.07) is 10.4. The van der Waals surface area contributed by atoms with Crippen LogP contribution < -0.4 is 0 Å². The highest BCUT2D eigenvalue weighted by Crippen LogP contribution is 2.38. The van der Waals surface area contributed by atoms with Gasteiger partial charge in [-0.1, -0.05) is 83.5 Å². The molecule has 0 N–H and O–H groups in total. The van der Waals surface area contributed by atoms with Crippen LogP contribution in [0.2, 0.25) is 18.1 Å². The first-order valence-corrected chi connectivity index (χ1v) is 13.4. The van der Waals surface area contributed by atoms with Crippen LogP contribution in [-0.4, -0.2) is 21.0 Å². The van der Waals surface area contributed by atoms with Crippen LogP contribution >= 0.6 is 0 Å². The van der Waals surface area contributed by atoms with Gasteiger partial charge in [0.05, 0.1) is 6.61 Å². The van der Waals surface area contributed by atoms with E-state index in [1.54, 1.807) is 0 Å². The minimum Gasteiger partial charge on any atom is -0.414 e. The molecule has 154 valence electrons. The SMILES string of the molecule is C=C(C[C@@H](C)COCc1ccccc1)C[C@@H](CCC)O[Si](C)(C)C(C)(C)C. The van der Waals surface area contributed by atoms with Crippen LogP contribution in [-0.2, 0) is 15.8 Å². The third-order valence-electron chi connectivity index (χ3n) is 5.55. The highest BCUT2D eigenvalue weighted by atomic mass is 28.4. The third-order valence-corrected chi connectivity index (χ3v) is 10.1. The first-order valence-electron chi connectivity index (χ1n) is 10.5. The molecule has 27 heavy (non-hydrogen) atoms. The van der Waals surface area contributed by atoms with Gasteiger partial charge in [0.15, 0.2) is 8.32 Å². The van der Waals surface area contributed by atoms with Gasteiger partial charge in [0.1, 0.15) is 0 Å². The molecule has 0 unspecified atom stereocenters. The van der Waals surface area contributed by atoms with Gasteiger partial charge in [0, 0.05) is 12.7 Å². The van der Waals surface area contributed by atoms with Crippen molar-refractivity contribution >= 4 is 8.32 Å². The Bertz CT molecular complexity index is 545. The van der Waals surface area contributed by atoms with E-state index in [0.29, 0.717) is 18.6 Å². The number of benzene rings is 1. The highest BCUT2D eigenvalue weighted by molar-refractivity contribution is 6.74. The van der Waals surface area contributed by atoms with E-state index < -0.39 is 8.32 Å². The Morgan fingerprint density at radius 2 is 1.74 bits per heavy atom. The summed E-state index contributed by atoms with van der Waals surface area (Å²) in [5, 5.41) is 0.249. The van der Waals surface area contributed by atoms with Crippen molar-refractivity contribution in [2.45, 2.75) is 91.1 Å². The van der Waals surface area contributed by atoms with Gasteiger partial charge in [0.25, 0.3) is 0 Å². The van der Waals surface area contributed by atoms with Gasteiger partial charge >= 0.3 is 0 Å². The Hall–Kier alpha value is -0.903. The summed E-state index contributed by atoms with van der Waals surface area (Å²) >= 11 is 0. The van der Waals surface area contributed by atoms with E-state index >= 15 is 0 Å². The molecule has 0 fully saturated rings. The van der Waals surface area contributed by atoms with Crippen molar-refractivity contribution < 1.29 is 9.16 Å². The Morgan fingerprint density at radius 3 is 2.30 bits per heavy atom. The van der Waals surface area contributed by atoms with Crippen LogP contribution in [0.25, 0.3) is 0 Å². The molecule has 0 saturated carbocycles. The summed E-state index contributed by atoms with van der Waals surface area (Å²) in [4.78, 5) is 0. The molecule has 0 aliphatic carbocycles. The minimum atomic E-state index is -1.74. The normalized spacial score (nSPS) is 14.8. The maximum atomic E-state index is 6.68. The second-order valence-corrected chi connectivity index (χ2v) is 14.3. The summed E-state index contributed by atoms with van der Waals surface area (Å²) in [5.74, 6) is 0.483. The van der Waals surface area contributed by atoms with Crippen molar-refractivity contribution in [3.8, 4) is 0 Å². The molecule has 0 bridgehead atoms. The lowest BCUT2D eigenvalue weighted by Crippen LogP contribution is -2.44. The van der Waals surface area contributed by atoms with Gasteiger partial charge in [-0.2, -0.15) is 0 Å². The number of rotatable bonds is 12. The Balaban J connectivity index is 2.44. The van der Waals surface area contributed by atoms with Crippen LogP contribution in [0.15, 0.2) is 42.5 Å². The monoisotopic (exact) mass is 390 g/mol. The topological polar surface area (TPSA) is 18.5 Å². The zero-order valence-corrected chi connectivity index (χ0v) is 19.8. The molecule has 2 atom stereocenters. The van der Waals surface area contributed by atoms with Crippen molar-refractivity contribution in [2.75, 3.05) is 6.61 Å². The molecule has 2 nitrogen and oxygen atoms in total. The quantitative estimate of drug-likeness (QED) is 0.274. The Morgan fingerprint density at radius 1 is 1.11 bits per heavy atom. The first-order chi connectivity index (χ1) is 12.5. The molecule has 1 aromatic carbocycles. The summed E-state index contributed by atoms with van der Waals surface area (Å²) in [6.45, 7) is 21.9. The van der Waals surface area contributed by atoms with Gasteiger partial charge in [-0.3, -0.25) is 0 Å². The third kappa shape index (κ3) is 9.22. The van der Waals surface area contributed by atoms with E-state index in [4.69, 9.17) is 9.16 Å². The van der Waals surface area contributed by atoms with Crippen molar-refractivity contribution in [3.63, 3.8) is 0 Å². The second kappa shape index (κ2) is 11.2. The fourth-order valence-corrected chi connectivity index (χ4v) is 4.42.